The van der Waals surface area contributed by atoms with Crippen molar-refractivity contribution in [1.82, 2.24) is 10.2 Å². The van der Waals surface area contributed by atoms with E-state index in [1.165, 1.54) is 5.56 Å². The lowest BCUT2D eigenvalue weighted by Gasteiger charge is -2.44. The second kappa shape index (κ2) is 8.59. The first-order valence-corrected chi connectivity index (χ1v) is 10.2. The molecule has 0 bridgehead atoms. The molecule has 148 valence electrons. The highest BCUT2D eigenvalue weighted by molar-refractivity contribution is 5.74. The molecule has 0 aromatic heterocycles. The molecule has 0 saturated carbocycles. The number of hydrogen-bond acceptors (Lipinski definition) is 4. The van der Waals surface area contributed by atoms with Gasteiger partial charge < -0.3 is 24.4 Å². The van der Waals surface area contributed by atoms with Crippen LogP contribution in [0.3, 0.4) is 0 Å². The number of urea groups is 1. The van der Waals surface area contributed by atoms with Gasteiger partial charge in [0.05, 0.1) is 18.3 Å². The predicted molar refractivity (Wildman–Crippen MR) is 102 cm³/mol. The standard InChI is InChI=1S/C21H30N2O4/c24-20(22-18-6-10-27-21(15-18)7-11-25-12-8-21)23-9-13-26-19(16-23)14-17-4-2-1-3-5-17/h1-5,18-19H,6-16H2,(H,22,24). The van der Waals surface area contributed by atoms with E-state index in [-0.39, 0.29) is 23.8 Å². The van der Waals surface area contributed by atoms with E-state index in [0.29, 0.717) is 26.3 Å². The highest BCUT2D eigenvalue weighted by Gasteiger charge is 2.40. The average Bonchev–Trinajstić information content (AvgIpc) is 2.70. The lowest BCUT2D eigenvalue weighted by Crippen LogP contribution is -2.56. The molecule has 1 N–H and O–H groups in total. The molecule has 6 heteroatoms. The average molecular weight is 374 g/mol. The Labute approximate surface area is 161 Å². The number of carbonyl (C=O) groups excluding carboxylic acids is 1. The van der Waals surface area contributed by atoms with E-state index in [4.69, 9.17) is 14.2 Å². The van der Waals surface area contributed by atoms with Crippen LogP contribution in [0, 0.1) is 0 Å². The molecule has 4 rings (SSSR count). The van der Waals surface area contributed by atoms with Gasteiger partial charge in [-0.05, 0) is 31.2 Å². The fraction of sp³-hybridized carbons (Fsp3) is 0.667. The van der Waals surface area contributed by atoms with Crippen molar-refractivity contribution >= 4 is 6.03 Å². The Morgan fingerprint density at radius 1 is 1.15 bits per heavy atom. The van der Waals surface area contributed by atoms with Gasteiger partial charge in [0.25, 0.3) is 0 Å². The Bertz CT molecular complexity index is 612. The normalized spacial score (nSPS) is 28.1. The summed E-state index contributed by atoms with van der Waals surface area (Å²) in [5.74, 6) is 0. The summed E-state index contributed by atoms with van der Waals surface area (Å²) in [6.45, 7) is 4.11. The van der Waals surface area contributed by atoms with Crippen LogP contribution in [-0.4, -0.2) is 68.2 Å². The van der Waals surface area contributed by atoms with E-state index in [9.17, 15) is 4.79 Å². The lowest BCUT2D eigenvalue weighted by atomic mass is 9.84. The molecule has 0 aliphatic carbocycles. The Morgan fingerprint density at radius 3 is 2.78 bits per heavy atom. The summed E-state index contributed by atoms with van der Waals surface area (Å²) < 4.78 is 17.4. The SMILES string of the molecule is O=C(NC1CCOC2(CCOCC2)C1)N1CCOC(Cc2ccccc2)C1. The first-order chi connectivity index (χ1) is 13.2. The monoisotopic (exact) mass is 374 g/mol. The third-order valence-corrected chi connectivity index (χ3v) is 5.96. The molecule has 1 aromatic carbocycles. The predicted octanol–water partition coefficient (Wildman–Crippen LogP) is 2.37. The van der Waals surface area contributed by atoms with Gasteiger partial charge in [0, 0.05) is 45.4 Å². The third kappa shape index (κ3) is 4.81. The maximum atomic E-state index is 12.8. The number of rotatable bonds is 3. The van der Waals surface area contributed by atoms with E-state index in [2.05, 4.69) is 17.4 Å². The van der Waals surface area contributed by atoms with E-state index in [1.807, 2.05) is 23.1 Å². The van der Waals surface area contributed by atoms with Crippen LogP contribution in [0.5, 0.6) is 0 Å². The Balaban J connectivity index is 1.29. The number of benzene rings is 1. The number of nitrogens with zero attached hydrogens (tertiary/aromatic N) is 1. The summed E-state index contributed by atoms with van der Waals surface area (Å²) in [6, 6.07) is 10.5. The van der Waals surface area contributed by atoms with Crippen molar-refractivity contribution in [3.63, 3.8) is 0 Å². The molecule has 6 nitrogen and oxygen atoms in total. The summed E-state index contributed by atoms with van der Waals surface area (Å²) in [4.78, 5) is 14.7. The van der Waals surface area contributed by atoms with Crippen LogP contribution < -0.4 is 5.32 Å². The number of carbonyl (C=O) groups is 1. The van der Waals surface area contributed by atoms with Gasteiger partial charge in [-0.1, -0.05) is 30.3 Å². The number of hydrogen-bond donors (Lipinski definition) is 1. The molecule has 3 saturated heterocycles. The van der Waals surface area contributed by atoms with Crippen molar-refractivity contribution in [1.29, 1.82) is 0 Å². The highest BCUT2D eigenvalue weighted by atomic mass is 16.5. The van der Waals surface area contributed by atoms with Crippen LogP contribution in [0.15, 0.2) is 30.3 Å². The molecule has 0 radical (unpaired) electrons. The van der Waals surface area contributed by atoms with Crippen molar-refractivity contribution in [3.05, 3.63) is 35.9 Å². The van der Waals surface area contributed by atoms with Crippen LogP contribution in [0.25, 0.3) is 0 Å². The Hall–Kier alpha value is -1.63. The molecule has 2 atom stereocenters. The van der Waals surface area contributed by atoms with E-state index in [1.54, 1.807) is 0 Å². The summed E-state index contributed by atoms with van der Waals surface area (Å²) in [5.41, 5.74) is 1.14. The minimum Gasteiger partial charge on any atom is -0.381 e. The van der Waals surface area contributed by atoms with Crippen molar-refractivity contribution in [3.8, 4) is 0 Å². The minimum absolute atomic E-state index is 0.0328. The smallest absolute Gasteiger partial charge is 0.317 e. The summed E-state index contributed by atoms with van der Waals surface area (Å²) in [7, 11) is 0. The molecule has 1 spiro atoms. The summed E-state index contributed by atoms with van der Waals surface area (Å²) in [5, 5.41) is 3.26. The van der Waals surface area contributed by atoms with Crippen LogP contribution in [-0.2, 0) is 20.6 Å². The van der Waals surface area contributed by atoms with Gasteiger partial charge in [0.15, 0.2) is 0 Å². The second-order valence-electron chi connectivity index (χ2n) is 7.91. The van der Waals surface area contributed by atoms with E-state index in [0.717, 1.165) is 45.3 Å². The topological polar surface area (TPSA) is 60.0 Å². The van der Waals surface area contributed by atoms with Crippen molar-refractivity contribution in [2.24, 2.45) is 0 Å². The van der Waals surface area contributed by atoms with Crippen LogP contribution in [0.2, 0.25) is 0 Å². The largest absolute Gasteiger partial charge is 0.381 e. The number of nitrogens with one attached hydrogen (secondary N) is 1. The van der Waals surface area contributed by atoms with Gasteiger partial charge in [-0.25, -0.2) is 4.79 Å². The molecule has 3 aliphatic rings. The van der Waals surface area contributed by atoms with Crippen LogP contribution in [0.1, 0.15) is 31.2 Å². The van der Waals surface area contributed by atoms with Crippen LogP contribution >= 0.6 is 0 Å². The molecular formula is C21H30N2O4. The third-order valence-electron chi connectivity index (χ3n) is 5.96. The quantitative estimate of drug-likeness (QED) is 0.882. The zero-order valence-electron chi connectivity index (χ0n) is 15.9. The molecule has 3 aliphatic heterocycles. The maximum Gasteiger partial charge on any atom is 0.317 e. The number of morpholine rings is 1. The van der Waals surface area contributed by atoms with Crippen molar-refractivity contribution in [2.75, 3.05) is 39.5 Å². The van der Waals surface area contributed by atoms with Gasteiger partial charge in [-0.2, -0.15) is 0 Å². The number of amides is 2. The fourth-order valence-electron chi connectivity index (χ4n) is 4.41. The van der Waals surface area contributed by atoms with Crippen molar-refractivity contribution in [2.45, 2.75) is 49.9 Å². The van der Waals surface area contributed by atoms with Gasteiger partial charge in [-0.15, -0.1) is 0 Å². The van der Waals surface area contributed by atoms with Gasteiger partial charge in [-0.3, -0.25) is 0 Å². The van der Waals surface area contributed by atoms with E-state index < -0.39 is 0 Å². The minimum atomic E-state index is -0.102. The second-order valence-corrected chi connectivity index (χ2v) is 7.91. The number of ether oxygens (including phenoxy) is 3. The highest BCUT2D eigenvalue weighted by Crippen LogP contribution is 2.34. The summed E-state index contributed by atoms with van der Waals surface area (Å²) >= 11 is 0. The van der Waals surface area contributed by atoms with Gasteiger partial charge >= 0.3 is 6.03 Å². The molecule has 3 fully saturated rings. The molecule has 27 heavy (non-hydrogen) atoms. The molecule has 2 unspecified atom stereocenters. The first-order valence-electron chi connectivity index (χ1n) is 10.2. The first kappa shape index (κ1) is 18.7. The Morgan fingerprint density at radius 2 is 1.96 bits per heavy atom. The van der Waals surface area contributed by atoms with Crippen LogP contribution in [0.4, 0.5) is 4.79 Å². The zero-order valence-corrected chi connectivity index (χ0v) is 15.9. The maximum absolute atomic E-state index is 12.8. The molecule has 2 amide bonds. The zero-order chi connectivity index (χ0) is 18.5. The fourth-order valence-corrected chi connectivity index (χ4v) is 4.41. The van der Waals surface area contributed by atoms with Gasteiger partial charge in [0.2, 0.25) is 0 Å². The van der Waals surface area contributed by atoms with E-state index >= 15 is 0 Å². The molecule has 1 aromatic rings. The summed E-state index contributed by atoms with van der Waals surface area (Å²) in [6.07, 6.45) is 4.52. The van der Waals surface area contributed by atoms with Crippen molar-refractivity contribution < 1.29 is 19.0 Å². The lowest BCUT2D eigenvalue weighted by molar-refractivity contribution is -0.139. The van der Waals surface area contributed by atoms with Gasteiger partial charge in [0.1, 0.15) is 0 Å². The Kier molecular flexibility index (Phi) is 5.95. The molecular weight excluding hydrogens is 344 g/mol. The molecule has 3 heterocycles.